The standard InChI is InChI=1S/C23H21N3O4S/c1-15-13-18-14-20(31(29,30)25-19-9-7-16(8-10-19)22(24)27)11-12-21(18)26(15)23(28)17-5-3-2-4-6-17/h2-12,14-15,25H,13H2,1H3,(H2,24,27)/t15-/m0/s1. The molecule has 0 aromatic heterocycles. The molecule has 0 spiro atoms. The van der Waals surface area contributed by atoms with Crippen molar-refractivity contribution in [2.75, 3.05) is 9.62 Å². The molecule has 0 saturated carbocycles. The van der Waals surface area contributed by atoms with Crippen LogP contribution in [-0.4, -0.2) is 26.3 Å². The number of sulfonamides is 1. The molecule has 1 aliphatic rings. The zero-order chi connectivity index (χ0) is 22.2. The summed E-state index contributed by atoms with van der Waals surface area (Å²) in [6, 6.07) is 19.5. The Morgan fingerprint density at radius 1 is 0.968 bits per heavy atom. The summed E-state index contributed by atoms with van der Waals surface area (Å²) in [6.07, 6.45) is 0.560. The van der Waals surface area contributed by atoms with Crippen molar-refractivity contribution >= 4 is 33.2 Å². The monoisotopic (exact) mass is 435 g/mol. The van der Waals surface area contributed by atoms with Crippen LogP contribution in [0.2, 0.25) is 0 Å². The topological polar surface area (TPSA) is 110 Å². The van der Waals surface area contributed by atoms with E-state index in [9.17, 15) is 18.0 Å². The van der Waals surface area contributed by atoms with Crippen molar-refractivity contribution in [3.05, 3.63) is 89.5 Å². The SMILES string of the molecule is C[C@H]1Cc2cc(S(=O)(=O)Nc3ccc(C(N)=O)cc3)ccc2N1C(=O)c1ccccc1. The number of fused-ring (bicyclic) bond motifs is 1. The van der Waals surface area contributed by atoms with E-state index in [0.29, 0.717) is 23.4 Å². The average molecular weight is 436 g/mol. The lowest BCUT2D eigenvalue weighted by atomic mass is 10.1. The summed E-state index contributed by atoms with van der Waals surface area (Å²) >= 11 is 0. The summed E-state index contributed by atoms with van der Waals surface area (Å²) in [6.45, 7) is 1.94. The number of carbonyl (C=O) groups is 2. The first kappa shape index (κ1) is 20.6. The van der Waals surface area contributed by atoms with Crippen molar-refractivity contribution in [3.8, 4) is 0 Å². The Bertz CT molecular complexity index is 1260. The molecule has 0 fully saturated rings. The highest BCUT2D eigenvalue weighted by atomic mass is 32.2. The summed E-state index contributed by atoms with van der Waals surface area (Å²) in [5.41, 5.74) is 7.91. The Labute approximate surface area is 180 Å². The third-order valence-electron chi connectivity index (χ3n) is 5.24. The molecule has 7 nitrogen and oxygen atoms in total. The average Bonchev–Trinajstić information content (AvgIpc) is 3.08. The smallest absolute Gasteiger partial charge is 0.261 e. The third-order valence-corrected chi connectivity index (χ3v) is 6.62. The largest absolute Gasteiger partial charge is 0.366 e. The lowest BCUT2D eigenvalue weighted by molar-refractivity contribution is 0.0978. The van der Waals surface area contributed by atoms with Gasteiger partial charge in [0.15, 0.2) is 0 Å². The molecule has 1 atom stereocenters. The van der Waals surface area contributed by atoms with Crippen LogP contribution in [0.15, 0.2) is 77.7 Å². The molecule has 4 rings (SSSR count). The molecule has 2 amide bonds. The van der Waals surface area contributed by atoms with Gasteiger partial charge in [0.05, 0.1) is 4.90 Å². The predicted octanol–water partition coefficient (Wildman–Crippen LogP) is 3.18. The highest BCUT2D eigenvalue weighted by Gasteiger charge is 2.32. The van der Waals surface area contributed by atoms with Gasteiger partial charge in [0.1, 0.15) is 0 Å². The number of hydrogen-bond acceptors (Lipinski definition) is 4. The first-order chi connectivity index (χ1) is 14.8. The summed E-state index contributed by atoms with van der Waals surface area (Å²) < 4.78 is 28.2. The maximum Gasteiger partial charge on any atom is 0.261 e. The van der Waals surface area contributed by atoms with Crippen LogP contribution >= 0.6 is 0 Å². The number of nitrogens with one attached hydrogen (secondary N) is 1. The molecular formula is C23H21N3O4S. The Hall–Kier alpha value is -3.65. The second-order valence-electron chi connectivity index (χ2n) is 7.43. The first-order valence-corrected chi connectivity index (χ1v) is 11.2. The van der Waals surface area contributed by atoms with Gasteiger partial charge in [0.25, 0.3) is 15.9 Å². The van der Waals surface area contributed by atoms with Gasteiger partial charge in [-0.1, -0.05) is 18.2 Å². The van der Waals surface area contributed by atoms with Crippen LogP contribution in [0.4, 0.5) is 11.4 Å². The van der Waals surface area contributed by atoms with Gasteiger partial charge >= 0.3 is 0 Å². The van der Waals surface area contributed by atoms with Gasteiger partial charge in [0.2, 0.25) is 5.91 Å². The van der Waals surface area contributed by atoms with E-state index < -0.39 is 15.9 Å². The number of anilines is 2. The number of rotatable bonds is 5. The van der Waals surface area contributed by atoms with E-state index in [1.54, 1.807) is 29.2 Å². The highest BCUT2D eigenvalue weighted by molar-refractivity contribution is 7.92. The Kier molecular flexibility index (Phi) is 5.24. The maximum absolute atomic E-state index is 13.0. The van der Waals surface area contributed by atoms with Crippen molar-refractivity contribution in [2.45, 2.75) is 24.3 Å². The molecular weight excluding hydrogens is 414 g/mol. The molecule has 0 aliphatic carbocycles. The predicted molar refractivity (Wildman–Crippen MR) is 119 cm³/mol. The maximum atomic E-state index is 13.0. The minimum absolute atomic E-state index is 0.0880. The molecule has 0 saturated heterocycles. The number of benzene rings is 3. The van der Waals surface area contributed by atoms with Crippen molar-refractivity contribution in [3.63, 3.8) is 0 Å². The zero-order valence-corrected chi connectivity index (χ0v) is 17.6. The van der Waals surface area contributed by atoms with Crippen LogP contribution in [0.1, 0.15) is 33.2 Å². The fourth-order valence-electron chi connectivity index (χ4n) is 3.72. The molecule has 3 aromatic carbocycles. The van der Waals surface area contributed by atoms with Crippen molar-refractivity contribution in [1.29, 1.82) is 0 Å². The summed E-state index contributed by atoms with van der Waals surface area (Å²) in [5.74, 6) is -0.702. The molecule has 0 radical (unpaired) electrons. The quantitative estimate of drug-likeness (QED) is 0.641. The molecule has 158 valence electrons. The van der Waals surface area contributed by atoms with Gasteiger partial charge in [0, 0.05) is 28.5 Å². The second kappa shape index (κ2) is 7.88. The van der Waals surface area contributed by atoms with Gasteiger partial charge in [-0.15, -0.1) is 0 Å². The van der Waals surface area contributed by atoms with E-state index in [1.165, 1.54) is 30.3 Å². The zero-order valence-electron chi connectivity index (χ0n) is 16.8. The highest BCUT2D eigenvalue weighted by Crippen LogP contribution is 2.35. The van der Waals surface area contributed by atoms with Gasteiger partial charge in [-0.05, 0) is 73.5 Å². The van der Waals surface area contributed by atoms with E-state index in [2.05, 4.69) is 4.72 Å². The van der Waals surface area contributed by atoms with Crippen LogP contribution in [0.5, 0.6) is 0 Å². The van der Waals surface area contributed by atoms with Crippen molar-refractivity contribution < 1.29 is 18.0 Å². The fourth-order valence-corrected chi connectivity index (χ4v) is 4.83. The van der Waals surface area contributed by atoms with E-state index in [-0.39, 0.29) is 22.4 Å². The number of amides is 2. The minimum atomic E-state index is -3.84. The number of hydrogen-bond donors (Lipinski definition) is 2. The molecule has 31 heavy (non-hydrogen) atoms. The summed E-state index contributed by atoms with van der Waals surface area (Å²) in [4.78, 5) is 26.0. The van der Waals surface area contributed by atoms with Crippen molar-refractivity contribution in [2.24, 2.45) is 5.73 Å². The molecule has 1 aliphatic heterocycles. The van der Waals surface area contributed by atoms with E-state index in [4.69, 9.17) is 5.73 Å². The van der Waals surface area contributed by atoms with E-state index in [0.717, 1.165) is 5.56 Å². The Balaban J connectivity index is 1.60. The Morgan fingerprint density at radius 2 is 1.65 bits per heavy atom. The number of carbonyl (C=O) groups excluding carboxylic acids is 2. The van der Waals surface area contributed by atoms with Gasteiger partial charge in [-0.2, -0.15) is 0 Å². The van der Waals surface area contributed by atoms with Gasteiger partial charge < -0.3 is 10.6 Å². The summed E-state index contributed by atoms with van der Waals surface area (Å²) in [5, 5.41) is 0. The van der Waals surface area contributed by atoms with Crippen LogP contribution in [0.25, 0.3) is 0 Å². The van der Waals surface area contributed by atoms with Crippen molar-refractivity contribution in [1.82, 2.24) is 0 Å². The third kappa shape index (κ3) is 4.02. The van der Waals surface area contributed by atoms with Crippen LogP contribution in [0.3, 0.4) is 0 Å². The normalized spacial score (nSPS) is 15.4. The fraction of sp³-hybridized carbons (Fsp3) is 0.130. The number of primary amides is 1. The number of nitrogens with zero attached hydrogens (tertiary/aromatic N) is 1. The molecule has 3 N–H and O–H groups in total. The van der Waals surface area contributed by atoms with Crippen LogP contribution in [0, 0.1) is 0 Å². The summed E-state index contributed by atoms with van der Waals surface area (Å²) in [7, 11) is -3.84. The van der Waals surface area contributed by atoms with E-state index in [1.807, 2.05) is 25.1 Å². The minimum Gasteiger partial charge on any atom is -0.366 e. The molecule has 1 heterocycles. The number of nitrogens with two attached hydrogens (primary N) is 1. The Morgan fingerprint density at radius 3 is 2.29 bits per heavy atom. The molecule has 3 aromatic rings. The van der Waals surface area contributed by atoms with Crippen LogP contribution < -0.4 is 15.4 Å². The molecule has 0 bridgehead atoms. The lowest BCUT2D eigenvalue weighted by Gasteiger charge is -2.23. The van der Waals surface area contributed by atoms with Gasteiger partial charge in [-0.25, -0.2) is 8.42 Å². The molecule has 8 heteroatoms. The van der Waals surface area contributed by atoms with Gasteiger partial charge in [-0.3, -0.25) is 14.3 Å². The van der Waals surface area contributed by atoms with Crippen LogP contribution in [-0.2, 0) is 16.4 Å². The molecule has 0 unspecified atom stereocenters. The lowest BCUT2D eigenvalue weighted by Crippen LogP contribution is -2.35. The first-order valence-electron chi connectivity index (χ1n) is 9.70. The second-order valence-corrected chi connectivity index (χ2v) is 9.11. The van der Waals surface area contributed by atoms with E-state index >= 15 is 0 Å².